The first-order valence-electron chi connectivity index (χ1n) is 6.12. The molecule has 0 fully saturated rings. The van der Waals surface area contributed by atoms with E-state index in [1.54, 1.807) is 11.3 Å². The lowest BCUT2D eigenvalue weighted by molar-refractivity contribution is 0.109. The summed E-state index contributed by atoms with van der Waals surface area (Å²) in [5, 5.41) is 1.27. The Morgan fingerprint density at radius 3 is 2.42 bits per heavy atom. The normalized spacial score (nSPS) is 11.0. The van der Waals surface area contributed by atoms with Crippen LogP contribution in [0.15, 0.2) is 59.1 Å². The topological polar surface area (TPSA) is 9.23 Å². The largest absolute Gasteiger partial charge is 0.371 e. The van der Waals surface area contributed by atoms with Gasteiger partial charge >= 0.3 is 0 Å². The van der Waals surface area contributed by atoms with Crippen molar-refractivity contribution in [2.24, 2.45) is 0 Å². The summed E-state index contributed by atoms with van der Waals surface area (Å²) in [6.45, 7) is 1.30. The van der Waals surface area contributed by atoms with E-state index in [1.807, 2.05) is 18.2 Å². The minimum Gasteiger partial charge on any atom is -0.371 e. The fraction of sp³-hybridized carbons (Fsp3) is 0.125. The average Bonchev–Trinajstić information content (AvgIpc) is 2.78. The Kier molecular flexibility index (Phi) is 3.97. The highest BCUT2D eigenvalue weighted by Gasteiger charge is 2.09. The van der Waals surface area contributed by atoms with Crippen LogP contribution in [0.1, 0.15) is 10.4 Å². The van der Waals surface area contributed by atoms with Gasteiger partial charge in [-0.05, 0) is 27.6 Å². The maximum Gasteiger partial charge on any atom is 0.0825 e. The number of ether oxygens (including phenoxy) is 1. The number of hydrogen-bond acceptors (Lipinski definition) is 2. The van der Waals surface area contributed by atoms with Crippen LogP contribution in [-0.4, -0.2) is 0 Å². The molecule has 0 radical (unpaired) electrons. The molecule has 1 aromatic heterocycles. The van der Waals surface area contributed by atoms with Gasteiger partial charge in [0.1, 0.15) is 0 Å². The summed E-state index contributed by atoms with van der Waals surface area (Å²) < 4.78 is 8.26. The monoisotopic (exact) mass is 332 g/mol. The van der Waals surface area contributed by atoms with Gasteiger partial charge in [-0.25, -0.2) is 0 Å². The highest BCUT2D eigenvalue weighted by Crippen LogP contribution is 2.35. The standard InChI is InChI=1S/C16H13BrOS/c17-16-13-8-4-5-9-14(13)19-15(16)11-18-10-12-6-2-1-3-7-12/h1-9H,10-11H2. The van der Waals surface area contributed by atoms with Crippen molar-refractivity contribution in [1.29, 1.82) is 0 Å². The van der Waals surface area contributed by atoms with Crippen LogP contribution in [0.3, 0.4) is 0 Å². The van der Waals surface area contributed by atoms with Gasteiger partial charge in [-0.2, -0.15) is 0 Å². The first-order chi connectivity index (χ1) is 9.34. The Labute approximate surface area is 125 Å². The zero-order valence-corrected chi connectivity index (χ0v) is 12.7. The van der Waals surface area contributed by atoms with Gasteiger partial charge < -0.3 is 4.74 Å². The zero-order valence-electron chi connectivity index (χ0n) is 10.3. The molecule has 0 saturated carbocycles. The molecular formula is C16H13BrOS. The number of rotatable bonds is 4. The predicted octanol–water partition coefficient (Wildman–Crippen LogP) is 5.38. The second-order valence-corrected chi connectivity index (χ2v) is 6.24. The molecular weight excluding hydrogens is 320 g/mol. The van der Waals surface area contributed by atoms with Crippen LogP contribution in [0.5, 0.6) is 0 Å². The first-order valence-corrected chi connectivity index (χ1v) is 7.73. The lowest BCUT2D eigenvalue weighted by atomic mass is 10.2. The van der Waals surface area contributed by atoms with E-state index in [0.29, 0.717) is 13.2 Å². The molecule has 1 nitrogen and oxygen atoms in total. The summed E-state index contributed by atoms with van der Waals surface area (Å²) in [6, 6.07) is 18.7. The van der Waals surface area contributed by atoms with Crippen molar-refractivity contribution < 1.29 is 4.74 Å². The van der Waals surface area contributed by atoms with Gasteiger partial charge in [-0.1, -0.05) is 48.5 Å². The van der Waals surface area contributed by atoms with E-state index < -0.39 is 0 Å². The van der Waals surface area contributed by atoms with Gasteiger partial charge in [-0.3, -0.25) is 0 Å². The van der Waals surface area contributed by atoms with Crippen LogP contribution in [0.4, 0.5) is 0 Å². The molecule has 3 heteroatoms. The van der Waals surface area contributed by atoms with Crippen LogP contribution < -0.4 is 0 Å². The molecule has 0 unspecified atom stereocenters. The van der Waals surface area contributed by atoms with Crippen molar-refractivity contribution in [3.63, 3.8) is 0 Å². The predicted molar refractivity (Wildman–Crippen MR) is 84.5 cm³/mol. The zero-order chi connectivity index (χ0) is 13.1. The molecule has 1 heterocycles. The molecule has 3 aromatic rings. The molecule has 3 rings (SSSR count). The summed E-state index contributed by atoms with van der Waals surface area (Å²) >= 11 is 5.46. The summed E-state index contributed by atoms with van der Waals surface area (Å²) in [7, 11) is 0. The van der Waals surface area contributed by atoms with Gasteiger partial charge in [0.2, 0.25) is 0 Å². The average molecular weight is 333 g/mol. The highest BCUT2D eigenvalue weighted by atomic mass is 79.9. The molecule has 0 bridgehead atoms. The highest BCUT2D eigenvalue weighted by molar-refractivity contribution is 9.10. The molecule has 0 spiro atoms. The van der Waals surface area contributed by atoms with Crippen molar-refractivity contribution in [2.45, 2.75) is 13.2 Å². The SMILES string of the molecule is Brc1c(COCc2ccccc2)sc2ccccc12. The Morgan fingerprint density at radius 2 is 1.63 bits per heavy atom. The maximum absolute atomic E-state index is 5.80. The van der Waals surface area contributed by atoms with E-state index in [-0.39, 0.29) is 0 Å². The van der Waals surface area contributed by atoms with E-state index in [2.05, 4.69) is 52.3 Å². The van der Waals surface area contributed by atoms with Crippen LogP contribution in [-0.2, 0) is 18.0 Å². The number of benzene rings is 2. The van der Waals surface area contributed by atoms with E-state index in [1.165, 1.54) is 25.0 Å². The molecule has 0 saturated heterocycles. The van der Waals surface area contributed by atoms with Gasteiger partial charge in [0.25, 0.3) is 0 Å². The Hall–Kier alpha value is -1.16. The lowest BCUT2D eigenvalue weighted by Gasteiger charge is -2.03. The fourth-order valence-corrected chi connectivity index (χ4v) is 3.86. The number of thiophene rings is 1. The minimum atomic E-state index is 0.648. The van der Waals surface area contributed by atoms with Crippen molar-refractivity contribution in [1.82, 2.24) is 0 Å². The van der Waals surface area contributed by atoms with Crippen LogP contribution in [0.25, 0.3) is 10.1 Å². The molecule has 0 N–H and O–H groups in total. The van der Waals surface area contributed by atoms with Gasteiger partial charge in [0, 0.05) is 19.4 Å². The molecule has 0 aliphatic carbocycles. The third-order valence-corrected chi connectivity index (χ3v) is 5.26. The molecule has 0 atom stereocenters. The molecule has 19 heavy (non-hydrogen) atoms. The van der Waals surface area contributed by atoms with E-state index >= 15 is 0 Å². The number of fused-ring (bicyclic) bond motifs is 1. The summed E-state index contributed by atoms with van der Waals surface area (Å²) in [4.78, 5) is 1.25. The van der Waals surface area contributed by atoms with Crippen molar-refractivity contribution in [3.8, 4) is 0 Å². The number of halogens is 1. The Morgan fingerprint density at radius 1 is 0.895 bits per heavy atom. The fourth-order valence-electron chi connectivity index (χ4n) is 1.99. The Balaban J connectivity index is 1.70. The minimum absolute atomic E-state index is 0.648. The lowest BCUT2D eigenvalue weighted by Crippen LogP contribution is -1.92. The third kappa shape index (κ3) is 2.89. The first kappa shape index (κ1) is 12.9. The van der Waals surface area contributed by atoms with Gasteiger partial charge in [0.05, 0.1) is 13.2 Å². The van der Waals surface area contributed by atoms with Crippen molar-refractivity contribution >= 4 is 37.4 Å². The molecule has 2 aromatic carbocycles. The van der Waals surface area contributed by atoms with Crippen molar-refractivity contribution in [3.05, 3.63) is 69.5 Å². The maximum atomic E-state index is 5.80. The van der Waals surface area contributed by atoms with Crippen LogP contribution in [0, 0.1) is 0 Å². The smallest absolute Gasteiger partial charge is 0.0825 e. The number of hydrogen-bond donors (Lipinski definition) is 0. The molecule has 0 aliphatic rings. The summed E-state index contributed by atoms with van der Waals surface area (Å²) in [5.74, 6) is 0. The van der Waals surface area contributed by atoms with E-state index in [4.69, 9.17) is 4.74 Å². The van der Waals surface area contributed by atoms with Crippen LogP contribution in [0.2, 0.25) is 0 Å². The summed E-state index contributed by atoms with van der Waals surface area (Å²) in [5.41, 5.74) is 1.21. The second-order valence-electron chi connectivity index (χ2n) is 4.31. The molecule has 96 valence electrons. The van der Waals surface area contributed by atoms with E-state index in [9.17, 15) is 0 Å². The molecule has 0 amide bonds. The summed E-state index contributed by atoms with van der Waals surface area (Å²) in [6.07, 6.45) is 0. The molecule has 0 aliphatic heterocycles. The van der Waals surface area contributed by atoms with Crippen LogP contribution >= 0.6 is 27.3 Å². The van der Waals surface area contributed by atoms with E-state index in [0.717, 1.165) is 0 Å². The van der Waals surface area contributed by atoms with Crippen molar-refractivity contribution in [2.75, 3.05) is 0 Å². The second kappa shape index (κ2) is 5.87. The van der Waals surface area contributed by atoms with Gasteiger partial charge in [-0.15, -0.1) is 11.3 Å². The Bertz CT molecular complexity index is 676. The quantitative estimate of drug-likeness (QED) is 0.623. The van der Waals surface area contributed by atoms with Gasteiger partial charge in [0.15, 0.2) is 0 Å². The third-order valence-electron chi connectivity index (χ3n) is 2.95.